The lowest BCUT2D eigenvalue weighted by Crippen LogP contribution is -2.41. The van der Waals surface area contributed by atoms with E-state index in [-0.39, 0.29) is 11.9 Å². The Labute approximate surface area is 79.4 Å². The Morgan fingerprint density at radius 1 is 1.69 bits per heavy atom. The Hall–Kier alpha value is -0.830. The van der Waals surface area contributed by atoms with Crippen LogP contribution in [0.1, 0.15) is 25.7 Å². The zero-order valence-electron chi connectivity index (χ0n) is 7.96. The molecule has 3 nitrogen and oxygen atoms in total. The van der Waals surface area contributed by atoms with Crippen LogP contribution < -0.4 is 11.1 Å². The molecule has 0 aromatic rings. The van der Waals surface area contributed by atoms with Gasteiger partial charge in [-0.05, 0) is 25.2 Å². The molecule has 1 amide bonds. The topological polar surface area (TPSA) is 55.1 Å². The van der Waals surface area contributed by atoms with Crippen LogP contribution in [0.15, 0.2) is 12.7 Å². The molecule has 3 heteroatoms. The maximum Gasteiger partial charge on any atom is 0.220 e. The third kappa shape index (κ3) is 3.59. The first-order valence-electron chi connectivity index (χ1n) is 4.88. The number of nitrogens with one attached hydrogen (secondary N) is 1. The first-order valence-corrected chi connectivity index (χ1v) is 4.88. The molecule has 3 N–H and O–H groups in total. The van der Waals surface area contributed by atoms with E-state index in [1.807, 2.05) is 0 Å². The molecular formula is C10H18N2O. The fourth-order valence-electron chi connectivity index (χ4n) is 1.38. The van der Waals surface area contributed by atoms with Crippen molar-refractivity contribution in [2.24, 2.45) is 11.7 Å². The third-order valence-corrected chi connectivity index (χ3v) is 2.37. The SMILES string of the molecule is C=CCCC(=O)NC(CN)C1CC1. The van der Waals surface area contributed by atoms with E-state index in [0.29, 0.717) is 18.9 Å². The van der Waals surface area contributed by atoms with E-state index in [9.17, 15) is 4.79 Å². The molecule has 0 radical (unpaired) electrons. The number of hydrogen-bond donors (Lipinski definition) is 2. The molecule has 1 aliphatic rings. The van der Waals surface area contributed by atoms with Crippen molar-refractivity contribution in [1.29, 1.82) is 0 Å². The van der Waals surface area contributed by atoms with Gasteiger partial charge in [0, 0.05) is 19.0 Å². The van der Waals surface area contributed by atoms with Crippen LogP contribution in [0.25, 0.3) is 0 Å². The predicted octanol–water partition coefficient (Wildman–Crippen LogP) is 0.806. The van der Waals surface area contributed by atoms with Crippen LogP contribution in [-0.2, 0) is 4.79 Å². The van der Waals surface area contributed by atoms with Crippen LogP contribution >= 0.6 is 0 Å². The Kier molecular flexibility index (Phi) is 3.96. The highest BCUT2D eigenvalue weighted by atomic mass is 16.1. The summed E-state index contributed by atoms with van der Waals surface area (Å²) >= 11 is 0. The molecule has 0 aromatic heterocycles. The Balaban J connectivity index is 2.19. The quantitative estimate of drug-likeness (QED) is 0.597. The highest BCUT2D eigenvalue weighted by Crippen LogP contribution is 2.32. The van der Waals surface area contributed by atoms with Crippen molar-refractivity contribution in [2.45, 2.75) is 31.7 Å². The van der Waals surface area contributed by atoms with Crippen molar-refractivity contribution in [3.8, 4) is 0 Å². The van der Waals surface area contributed by atoms with E-state index in [1.165, 1.54) is 12.8 Å². The van der Waals surface area contributed by atoms with Crippen molar-refractivity contribution in [1.82, 2.24) is 5.32 Å². The van der Waals surface area contributed by atoms with Gasteiger partial charge in [0.2, 0.25) is 5.91 Å². The highest BCUT2D eigenvalue weighted by Gasteiger charge is 2.30. The first kappa shape index (κ1) is 10.3. The van der Waals surface area contributed by atoms with Gasteiger partial charge in [-0.15, -0.1) is 6.58 Å². The summed E-state index contributed by atoms with van der Waals surface area (Å²) in [6, 6.07) is 0.206. The molecule has 0 heterocycles. The van der Waals surface area contributed by atoms with E-state index in [0.717, 1.165) is 6.42 Å². The van der Waals surface area contributed by atoms with Crippen LogP contribution in [-0.4, -0.2) is 18.5 Å². The lowest BCUT2D eigenvalue weighted by atomic mass is 10.2. The largest absolute Gasteiger partial charge is 0.352 e. The predicted molar refractivity (Wildman–Crippen MR) is 53.1 cm³/mol. The van der Waals surface area contributed by atoms with Crippen molar-refractivity contribution in [3.63, 3.8) is 0 Å². The molecule has 0 aromatic carbocycles. The molecule has 0 saturated heterocycles. The van der Waals surface area contributed by atoms with Gasteiger partial charge < -0.3 is 11.1 Å². The zero-order chi connectivity index (χ0) is 9.68. The maximum absolute atomic E-state index is 11.3. The van der Waals surface area contributed by atoms with Crippen LogP contribution in [0.2, 0.25) is 0 Å². The average Bonchev–Trinajstić information content (AvgIpc) is 2.94. The molecule has 1 saturated carbocycles. The summed E-state index contributed by atoms with van der Waals surface area (Å²) in [6.45, 7) is 4.13. The van der Waals surface area contributed by atoms with Gasteiger partial charge in [-0.3, -0.25) is 4.79 Å². The smallest absolute Gasteiger partial charge is 0.220 e. The van der Waals surface area contributed by atoms with Gasteiger partial charge in [0.25, 0.3) is 0 Å². The van der Waals surface area contributed by atoms with Crippen molar-refractivity contribution >= 4 is 5.91 Å². The Bertz CT molecular complexity index is 187. The molecule has 1 rings (SSSR count). The third-order valence-electron chi connectivity index (χ3n) is 2.37. The van der Waals surface area contributed by atoms with Crippen molar-refractivity contribution in [2.75, 3.05) is 6.54 Å². The van der Waals surface area contributed by atoms with E-state index in [2.05, 4.69) is 11.9 Å². The molecule has 1 aliphatic carbocycles. The fourth-order valence-corrected chi connectivity index (χ4v) is 1.38. The Morgan fingerprint density at radius 3 is 2.85 bits per heavy atom. The molecule has 0 spiro atoms. The number of amides is 1. The summed E-state index contributed by atoms with van der Waals surface area (Å²) in [5.74, 6) is 0.736. The molecule has 13 heavy (non-hydrogen) atoms. The minimum absolute atomic E-state index is 0.0993. The van der Waals surface area contributed by atoms with Crippen LogP contribution in [0.5, 0.6) is 0 Å². The molecule has 1 fully saturated rings. The number of allylic oxidation sites excluding steroid dienone is 1. The van der Waals surface area contributed by atoms with Crippen LogP contribution in [0.3, 0.4) is 0 Å². The van der Waals surface area contributed by atoms with Gasteiger partial charge in [-0.2, -0.15) is 0 Å². The second kappa shape index (κ2) is 5.02. The monoisotopic (exact) mass is 182 g/mol. The Morgan fingerprint density at radius 2 is 2.38 bits per heavy atom. The van der Waals surface area contributed by atoms with Gasteiger partial charge >= 0.3 is 0 Å². The van der Waals surface area contributed by atoms with Crippen LogP contribution in [0, 0.1) is 5.92 Å². The molecule has 0 bridgehead atoms. The minimum atomic E-state index is 0.0993. The van der Waals surface area contributed by atoms with E-state index in [1.54, 1.807) is 6.08 Å². The summed E-state index contributed by atoms with van der Waals surface area (Å²) in [6.07, 6.45) is 5.46. The van der Waals surface area contributed by atoms with E-state index in [4.69, 9.17) is 5.73 Å². The second-order valence-corrected chi connectivity index (χ2v) is 3.57. The molecular weight excluding hydrogens is 164 g/mol. The second-order valence-electron chi connectivity index (χ2n) is 3.57. The lowest BCUT2D eigenvalue weighted by Gasteiger charge is -2.15. The number of carbonyl (C=O) groups excluding carboxylic acids is 1. The fraction of sp³-hybridized carbons (Fsp3) is 0.700. The molecule has 1 atom stereocenters. The number of nitrogens with two attached hydrogens (primary N) is 1. The number of rotatable bonds is 6. The van der Waals surface area contributed by atoms with Crippen molar-refractivity contribution in [3.05, 3.63) is 12.7 Å². The van der Waals surface area contributed by atoms with Crippen molar-refractivity contribution < 1.29 is 4.79 Å². The lowest BCUT2D eigenvalue weighted by molar-refractivity contribution is -0.121. The standard InChI is InChI=1S/C10H18N2O/c1-2-3-4-10(13)12-9(7-11)8-5-6-8/h2,8-9H,1,3-7,11H2,(H,12,13). The number of hydrogen-bond acceptors (Lipinski definition) is 2. The summed E-state index contributed by atoms with van der Waals surface area (Å²) < 4.78 is 0. The average molecular weight is 182 g/mol. The summed E-state index contributed by atoms with van der Waals surface area (Å²) in [4.78, 5) is 11.3. The molecule has 74 valence electrons. The van der Waals surface area contributed by atoms with Gasteiger partial charge in [0.05, 0.1) is 0 Å². The first-order chi connectivity index (χ1) is 6.27. The van der Waals surface area contributed by atoms with Crippen LogP contribution in [0.4, 0.5) is 0 Å². The summed E-state index contributed by atoms with van der Waals surface area (Å²) in [7, 11) is 0. The summed E-state index contributed by atoms with van der Waals surface area (Å²) in [5, 5.41) is 2.95. The summed E-state index contributed by atoms with van der Waals surface area (Å²) in [5.41, 5.74) is 5.56. The molecule has 1 unspecified atom stereocenters. The van der Waals surface area contributed by atoms with E-state index < -0.39 is 0 Å². The van der Waals surface area contributed by atoms with Gasteiger partial charge in [0.1, 0.15) is 0 Å². The van der Waals surface area contributed by atoms with Gasteiger partial charge in [-0.1, -0.05) is 6.08 Å². The van der Waals surface area contributed by atoms with E-state index >= 15 is 0 Å². The maximum atomic E-state index is 11.3. The van der Waals surface area contributed by atoms with Gasteiger partial charge in [0.15, 0.2) is 0 Å². The minimum Gasteiger partial charge on any atom is -0.352 e. The van der Waals surface area contributed by atoms with Gasteiger partial charge in [-0.25, -0.2) is 0 Å². The normalized spacial score (nSPS) is 17.9. The molecule has 0 aliphatic heterocycles. The number of carbonyl (C=O) groups is 1. The highest BCUT2D eigenvalue weighted by molar-refractivity contribution is 5.76. The zero-order valence-corrected chi connectivity index (χ0v) is 7.96.